The van der Waals surface area contributed by atoms with E-state index in [9.17, 15) is 13.5 Å². The molecular formula is C19H22N4O4S2. The summed E-state index contributed by atoms with van der Waals surface area (Å²) in [5.41, 5.74) is 8.50. The highest BCUT2D eigenvalue weighted by molar-refractivity contribution is 7.92. The fourth-order valence-electron chi connectivity index (χ4n) is 3.45. The van der Waals surface area contributed by atoms with E-state index in [1.807, 2.05) is 13.8 Å². The molecule has 1 aliphatic rings. The Hall–Kier alpha value is -2.27. The zero-order valence-electron chi connectivity index (χ0n) is 16.3. The van der Waals surface area contributed by atoms with Gasteiger partial charge in [-0.05, 0) is 37.6 Å². The number of anilines is 1. The summed E-state index contributed by atoms with van der Waals surface area (Å²) in [5, 5.41) is 19.3. The summed E-state index contributed by atoms with van der Waals surface area (Å²) in [6.07, 6.45) is -0.981. The van der Waals surface area contributed by atoms with Gasteiger partial charge in [-0.3, -0.25) is 4.90 Å². The average molecular weight is 435 g/mol. The third-order valence-corrected chi connectivity index (χ3v) is 8.65. The molecule has 0 bridgehead atoms. The summed E-state index contributed by atoms with van der Waals surface area (Å²) in [6.45, 7) is 4.22. The first kappa shape index (κ1) is 20.0. The number of methoxy groups -OCH3 is 1. The molecule has 2 aromatic heterocycles. The fraction of sp³-hybridized carbons (Fsp3) is 0.368. The number of aliphatic hydroxyl groups excluding tert-OH is 1. The third-order valence-electron chi connectivity index (χ3n) is 5.43. The number of sulfone groups is 1. The van der Waals surface area contributed by atoms with Crippen LogP contribution in [-0.4, -0.2) is 54.1 Å². The van der Waals surface area contributed by atoms with Crippen molar-refractivity contribution in [3.05, 3.63) is 40.4 Å². The van der Waals surface area contributed by atoms with Gasteiger partial charge in [0.15, 0.2) is 9.84 Å². The minimum atomic E-state index is -3.51. The second kappa shape index (κ2) is 7.21. The van der Waals surface area contributed by atoms with Crippen LogP contribution < -0.4 is 10.5 Å². The Morgan fingerprint density at radius 1 is 1.31 bits per heavy atom. The minimum absolute atomic E-state index is 0.220. The van der Waals surface area contributed by atoms with Gasteiger partial charge in [0, 0.05) is 18.5 Å². The van der Waals surface area contributed by atoms with Crippen LogP contribution in [0, 0.1) is 13.8 Å². The molecule has 0 aliphatic carbocycles. The molecule has 1 atom stereocenters. The molecular weight excluding hydrogens is 412 g/mol. The van der Waals surface area contributed by atoms with Crippen LogP contribution in [0.15, 0.2) is 29.2 Å². The van der Waals surface area contributed by atoms with Crippen molar-refractivity contribution in [3.8, 4) is 5.75 Å². The van der Waals surface area contributed by atoms with Crippen LogP contribution in [0.4, 0.5) is 5.69 Å². The van der Waals surface area contributed by atoms with Gasteiger partial charge in [0.1, 0.15) is 16.8 Å². The Morgan fingerprint density at radius 2 is 2.03 bits per heavy atom. The van der Waals surface area contributed by atoms with Crippen LogP contribution in [0.3, 0.4) is 0 Å². The molecule has 1 unspecified atom stereocenters. The van der Waals surface area contributed by atoms with E-state index in [1.165, 1.54) is 24.5 Å². The number of ether oxygens (including phenoxy) is 1. The van der Waals surface area contributed by atoms with E-state index >= 15 is 0 Å². The molecule has 0 spiro atoms. The monoisotopic (exact) mass is 434 g/mol. The summed E-state index contributed by atoms with van der Waals surface area (Å²) >= 11 is 1.29. The lowest BCUT2D eigenvalue weighted by Crippen LogP contribution is -2.55. The van der Waals surface area contributed by atoms with Crippen molar-refractivity contribution in [2.75, 3.05) is 25.9 Å². The summed E-state index contributed by atoms with van der Waals surface area (Å²) in [4.78, 5) is 3.15. The van der Waals surface area contributed by atoms with E-state index in [0.29, 0.717) is 21.1 Å². The summed E-state index contributed by atoms with van der Waals surface area (Å²) in [5.74, 6) is 0.493. The number of aromatic nitrogens is 2. The molecule has 8 nitrogen and oxygen atoms in total. The maximum atomic E-state index is 12.9. The van der Waals surface area contributed by atoms with E-state index in [1.54, 1.807) is 23.1 Å². The number of benzene rings is 1. The number of fused-ring (bicyclic) bond motifs is 1. The second-order valence-corrected chi connectivity index (χ2v) is 10.4. The number of likely N-dealkylation sites (tertiary alicyclic amines) is 1. The molecule has 1 saturated heterocycles. The first-order chi connectivity index (χ1) is 13.7. The van der Waals surface area contributed by atoms with Gasteiger partial charge in [0.25, 0.3) is 0 Å². The van der Waals surface area contributed by atoms with Crippen molar-refractivity contribution in [3.63, 3.8) is 0 Å². The Morgan fingerprint density at radius 3 is 2.72 bits per heavy atom. The number of thiophene rings is 1. The highest BCUT2D eigenvalue weighted by Crippen LogP contribution is 2.41. The van der Waals surface area contributed by atoms with Gasteiger partial charge in [-0.25, -0.2) is 8.42 Å². The predicted molar refractivity (Wildman–Crippen MR) is 112 cm³/mol. The number of hydrogen-bond acceptors (Lipinski definition) is 9. The molecule has 1 aliphatic heterocycles. The van der Waals surface area contributed by atoms with E-state index < -0.39 is 21.3 Å². The quantitative estimate of drug-likeness (QED) is 0.626. The molecule has 10 heteroatoms. The predicted octanol–water partition coefficient (Wildman–Crippen LogP) is 2.05. The number of hydrogen-bond donors (Lipinski definition) is 2. The standard InChI is InChI=1S/C19H22N4O4S2/c1-10-11(2)21-22-18-15(10)16(20)17(28-18)19(24)23-8-14(9-23)29(25,26)13-6-4-5-12(7-13)27-3/h4-7,14,19,24H,8-9,20H2,1-3H3. The van der Waals surface area contributed by atoms with Crippen molar-refractivity contribution in [1.82, 2.24) is 15.1 Å². The van der Waals surface area contributed by atoms with Crippen LogP contribution in [0.1, 0.15) is 22.4 Å². The molecule has 3 heterocycles. The summed E-state index contributed by atoms with van der Waals surface area (Å²) < 4.78 is 30.9. The van der Waals surface area contributed by atoms with E-state index in [0.717, 1.165) is 16.6 Å². The van der Waals surface area contributed by atoms with Crippen LogP contribution in [0.2, 0.25) is 0 Å². The molecule has 0 radical (unpaired) electrons. The number of nitrogen functional groups attached to an aromatic ring is 1. The van der Waals surface area contributed by atoms with Crippen LogP contribution in [0.25, 0.3) is 10.2 Å². The van der Waals surface area contributed by atoms with Gasteiger partial charge in [0.2, 0.25) is 0 Å². The van der Waals surface area contributed by atoms with Crippen molar-refractivity contribution >= 4 is 37.1 Å². The minimum Gasteiger partial charge on any atom is -0.497 e. The van der Waals surface area contributed by atoms with E-state index in [4.69, 9.17) is 10.5 Å². The molecule has 3 N–H and O–H groups in total. The van der Waals surface area contributed by atoms with Crippen molar-refractivity contribution in [2.24, 2.45) is 0 Å². The van der Waals surface area contributed by atoms with Crippen LogP contribution in [0.5, 0.6) is 5.75 Å². The first-order valence-corrected chi connectivity index (χ1v) is 11.4. The first-order valence-electron chi connectivity index (χ1n) is 9.06. The molecule has 1 aromatic carbocycles. The zero-order valence-corrected chi connectivity index (χ0v) is 17.9. The van der Waals surface area contributed by atoms with E-state index in [-0.39, 0.29) is 18.0 Å². The highest BCUT2D eigenvalue weighted by Gasteiger charge is 2.42. The summed E-state index contributed by atoms with van der Waals surface area (Å²) in [7, 11) is -2.02. The third kappa shape index (κ3) is 3.25. The Balaban J connectivity index is 1.55. The van der Waals surface area contributed by atoms with Crippen LogP contribution >= 0.6 is 11.3 Å². The SMILES string of the molecule is COc1cccc(S(=O)(=O)C2CN(C(O)c3sc4nnc(C)c(C)c4c3N)C2)c1. The Kier molecular flexibility index (Phi) is 4.97. The molecule has 4 rings (SSSR count). The van der Waals surface area contributed by atoms with Crippen molar-refractivity contribution in [2.45, 2.75) is 30.2 Å². The smallest absolute Gasteiger partial charge is 0.183 e. The Bertz CT molecular complexity index is 1190. The van der Waals surface area contributed by atoms with Gasteiger partial charge in [-0.15, -0.1) is 16.4 Å². The molecule has 154 valence electrons. The second-order valence-electron chi connectivity index (χ2n) is 7.14. The lowest BCUT2D eigenvalue weighted by molar-refractivity contribution is -0.0313. The van der Waals surface area contributed by atoms with Gasteiger partial charge < -0.3 is 15.6 Å². The fourth-order valence-corrected chi connectivity index (χ4v) is 6.28. The van der Waals surface area contributed by atoms with Gasteiger partial charge in [-0.2, -0.15) is 5.10 Å². The van der Waals surface area contributed by atoms with Crippen molar-refractivity contribution in [1.29, 1.82) is 0 Å². The average Bonchev–Trinajstić information content (AvgIpc) is 3.00. The molecule has 3 aromatic rings. The number of aryl methyl sites for hydroxylation is 2. The highest BCUT2D eigenvalue weighted by atomic mass is 32.2. The molecule has 0 amide bonds. The Labute approximate surface area is 172 Å². The number of aliphatic hydroxyl groups is 1. The van der Waals surface area contributed by atoms with Gasteiger partial charge >= 0.3 is 0 Å². The normalized spacial score (nSPS) is 16.7. The molecule has 29 heavy (non-hydrogen) atoms. The van der Waals surface area contributed by atoms with Crippen LogP contribution in [-0.2, 0) is 9.84 Å². The lowest BCUT2D eigenvalue weighted by atomic mass is 10.1. The number of rotatable bonds is 5. The maximum absolute atomic E-state index is 12.9. The van der Waals surface area contributed by atoms with Crippen molar-refractivity contribution < 1.29 is 18.3 Å². The topological polar surface area (TPSA) is 119 Å². The van der Waals surface area contributed by atoms with Gasteiger partial charge in [-0.1, -0.05) is 6.07 Å². The largest absolute Gasteiger partial charge is 0.497 e. The van der Waals surface area contributed by atoms with E-state index in [2.05, 4.69) is 10.2 Å². The van der Waals surface area contributed by atoms with Gasteiger partial charge in [0.05, 0.1) is 33.5 Å². The maximum Gasteiger partial charge on any atom is 0.183 e. The zero-order chi connectivity index (χ0) is 20.9. The number of nitrogens with two attached hydrogens (primary N) is 1. The summed E-state index contributed by atoms with van der Waals surface area (Å²) in [6, 6.07) is 6.43. The molecule has 1 fully saturated rings. The number of nitrogens with zero attached hydrogens (tertiary/aromatic N) is 3. The lowest BCUT2D eigenvalue weighted by Gasteiger charge is -2.41. The molecule has 0 saturated carbocycles.